The molecular weight excluding hydrogens is 188 g/mol. The number of nitrogens with one attached hydrogen (secondary N) is 1. The molecule has 0 spiro atoms. The van der Waals surface area contributed by atoms with Gasteiger partial charge >= 0.3 is 0 Å². The van der Waals surface area contributed by atoms with Gasteiger partial charge in [-0.15, -0.1) is 6.42 Å². The maximum atomic E-state index is 12.2. The van der Waals surface area contributed by atoms with E-state index in [9.17, 15) is 4.79 Å². The number of piperidine rings is 1. The van der Waals surface area contributed by atoms with Gasteiger partial charge in [-0.05, 0) is 32.9 Å². The van der Waals surface area contributed by atoms with Gasteiger partial charge in [0, 0.05) is 12.0 Å². The number of hydrogen-bond acceptors (Lipinski definition) is 2. The van der Waals surface area contributed by atoms with Gasteiger partial charge in [0.05, 0.1) is 6.54 Å². The molecule has 0 saturated carbocycles. The molecule has 3 heteroatoms. The third-order valence-corrected chi connectivity index (χ3v) is 3.17. The lowest BCUT2D eigenvalue weighted by molar-refractivity contribution is -0.141. The third-order valence-electron chi connectivity index (χ3n) is 3.17. The lowest BCUT2D eigenvalue weighted by Crippen LogP contribution is -2.47. The summed E-state index contributed by atoms with van der Waals surface area (Å²) in [4.78, 5) is 14.0. The van der Waals surface area contributed by atoms with Crippen LogP contribution in [0.5, 0.6) is 0 Å². The Bertz CT molecular complexity index is 261. The van der Waals surface area contributed by atoms with E-state index in [1.54, 1.807) is 4.90 Å². The first-order chi connectivity index (χ1) is 7.14. The molecule has 15 heavy (non-hydrogen) atoms. The molecule has 0 atom stereocenters. The van der Waals surface area contributed by atoms with Gasteiger partial charge in [0.15, 0.2) is 0 Å². The van der Waals surface area contributed by atoms with Crippen LogP contribution in [0.4, 0.5) is 0 Å². The number of carbonyl (C=O) groups excluding carboxylic acids is 1. The molecule has 1 aliphatic heterocycles. The van der Waals surface area contributed by atoms with Crippen LogP contribution in [0.2, 0.25) is 0 Å². The van der Waals surface area contributed by atoms with Gasteiger partial charge in [-0.3, -0.25) is 4.79 Å². The lowest BCUT2D eigenvalue weighted by atomic mass is 9.79. The molecule has 84 valence electrons. The zero-order valence-corrected chi connectivity index (χ0v) is 9.68. The SMILES string of the molecule is C#CCN(CC)C(=O)C1(C)CCNCC1. The molecule has 0 aromatic carbocycles. The summed E-state index contributed by atoms with van der Waals surface area (Å²) in [5.41, 5.74) is -0.210. The van der Waals surface area contributed by atoms with Gasteiger partial charge < -0.3 is 10.2 Å². The maximum Gasteiger partial charge on any atom is 0.229 e. The van der Waals surface area contributed by atoms with Crippen molar-refractivity contribution in [2.75, 3.05) is 26.2 Å². The molecule has 1 aliphatic rings. The van der Waals surface area contributed by atoms with Gasteiger partial charge in [-0.2, -0.15) is 0 Å². The molecule has 1 saturated heterocycles. The summed E-state index contributed by atoms with van der Waals surface area (Å²) in [6.07, 6.45) is 7.08. The zero-order valence-electron chi connectivity index (χ0n) is 9.68. The minimum absolute atomic E-state index is 0.210. The Morgan fingerprint density at radius 1 is 1.53 bits per heavy atom. The molecule has 1 amide bonds. The number of carbonyl (C=O) groups is 1. The van der Waals surface area contributed by atoms with Gasteiger partial charge in [-0.25, -0.2) is 0 Å². The van der Waals surface area contributed by atoms with Crippen LogP contribution < -0.4 is 5.32 Å². The summed E-state index contributed by atoms with van der Waals surface area (Å²) in [5, 5.41) is 3.27. The van der Waals surface area contributed by atoms with Crippen molar-refractivity contribution in [1.82, 2.24) is 10.2 Å². The van der Waals surface area contributed by atoms with E-state index in [1.165, 1.54) is 0 Å². The average molecular weight is 208 g/mol. The minimum atomic E-state index is -0.210. The monoisotopic (exact) mass is 208 g/mol. The van der Waals surface area contributed by atoms with Crippen LogP contribution in [0.15, 0.2) is 0 Å². The summed E-state index contributed by atoms with van der Waals surface area (Å²) < 4.78 is 0. The van der Waals surface area contributed by atoms with E-state index in [0.29, 0.717) is 13.1 Å². The Hall–Kier alpha value is -1.01. The second-order valence-corrected chi connectivity index (χ2v) is 4.33. The fourth-order valence-corrected chi connectivity index (χ4v) is 2.01. The largest absolute Gasteiger partial charge is 0.331 e. The number of rotatable bonds is 3. The van der Waals surface area contributed by atoms with E-state index in [0.717, 1.165) is 25.9 Å². The summed E-state index contributed by atoms with van der Waals surface area (Å²) in [7, 11) is 0. The van der Waals surface area contributed by atoms with Crippen molar-refractivity contribution in [2.24, 2.45) is 5.41 Å². The highest BCUT2D eigenvalue weighted by Gasteiger charge is 2.36. The predicted octanol–water partition coefficient (Wildman–Crippen LogP) is 0.858. The second-order valence-electron chi connectivity index (χ2n) is 4.33. The lowest BCUT2D eigenvalue weighted by Gasteiger charge is -2.36. The number of amides is 1. The molecule has 0 aromatic heterocycles. The topological polar surface area (TPSA) is 32.3 Å². The van der Waals surface area contributed by atoms with Crippen LogP contribution in [-0.2, 0) is 4.79 Å². The van der Waals surface area contributed by atoms with Crippen molar-refractivity contribution in [3.8, 4) is 12.3 Å². The maximum absolute atomic E-state index is 12.2. The molecule has 1 heterocycles. The Morgan fingerprint density at radius 2 is 2.13 bits per heavy atom. The van der Waals surface area contributed by atoms with Gasteiger partial charge in [-0.1, -0.05) is 12.8 Å². The van der Waals surface area contributed by atoms with Crippen molar-refractivity contribution < 1.29 is 4.79 Å². The number of terminal acetylenes is 1. The standard InChI is InChI=1S/C12H20N2O/c1-4-10-14(5-2)11(15)12(3)6-8-13-9-7-12/h1,13H,5-10H2,2-3H3. The first kappa shape index (κ1) is 12.1. The summed E-state index contributed by atoms with van der Waals surface area (Å²) in [6, 6.07) is 0. The Kier molecular flexibility index (Phi) is 4.16. The van der Waals surface area contributed by atoms with E-state index in [-0.39, 0.29) is 11.3 Å². The van der Waals surface area contributed by atoms with E-state index in [4.69, 9.17) is 6.42 Å². The van der Waals surface area contributed by atoms with E-state index < -0.39 is 0 Å². The van der Waals surface area contributed by atoms with Gasteiger partial charge in [0.2, 0.25) is 5.91 Å². The second kappa shape index (κ2) is 5.18. The molecule has 0 radical (unpaired) electrons. The smallest absolute Gasteiger partial charge is 0.229 e. The highest BCUT2D eigenvalue weighted by Crippen LogP contribution is 2.30. The normalized spacial score (nSPS) is 19.3. The van der Waals surface area contributed by atoms with Crippen molar-refractivity contribution in [3.05, 3.63) is 0 Å². The molecule has 1 rings (SSSR count). The van der Waals surface area contributed by atoms with E-state index in [2.05, 4.69) is 18.2 Å². The molecule has 1 N–H and O–H groups in total. The van der Waals surface area contributed by atoms with Crippen LogP contribution in [0, 0.1) is 17.8 Å². The van der Waals surface area contributed by atoms with E-state index >= 15 is 0 Å². The van der Waals surface area contributed by atoms with Crippen LogP contribution in [0.25, 0.3) is 0 Å². The highest BCUT2D eigenvalue weighted by atomic mass is 16.2. The molecule has 0 aromatic rings. The quantitative estimate of drug-likeness (QED) is 0.698. The van der Waals surface area contributed by atoms with Crippen LogP contribution in [0.3, 0.4) is 0 Å². The third kappa shape index (κ3) is 2.73. The van der Waals surface area contributed by atoms with Crippen molar-refractivity contribution in [1.29, 1.82) is 0 Å². The molecule has 0 unspecified atom stereocenters. The highest BCUT2D eigenvalue weighted by molar-refractivity contribution is 5.82. The fourth-order valence-electron chi connectivity index (χ4n) is 2.01. The number of nitrogens with zero attached hydrogens (tertiary/aromatic N) is 1. The first-order valence-corrected chi connectivity index (χ1v) is 5.57. The Morgan fingerprint density at radius 3 is 2.60 bits per heavy atom. The summed E-state index contributed by atoms with van der Waals surface area (Å²) in [6.45, 7) is 7.01. The van der Waals surface area contributed by atoms with Crippen LogP contribution >= 0.6 is 0 Å². The Balaban J connectivity index is 2.68. The average Bonchev–Trinajstić information content (AvgIpc) is 2.26. The molecule has 0 aliphatic carbocycles. The molecule has 0 bridgehead atoms. The van der Waals surface area contributed by atoms with Crippen molar-refractivity contribution in [3.63, 3.8) is 0 Å². The fraction of sp³-hybridized carbons (Fsp3) is 0.750. The van der Waals surface area contributed by atoms with Gasteiger partial charge in [0.25, 0.3) is 0 Å². The summed E-state index contributed by atoms with van der Waals surface area (Å²) >= 11 is 0. The van der Waals surface area contributed by atoms with Crippen molar-refractivity contribution in [2.45, 2.75) is 26.7 Å². The van der Waals surface area contributed by atoms with E-state index in [1.807, 2.05) is 6.92 Å². The predicted molar refractivity (Wildman–Crippen MR) is 61.3 cm³/mol. The first-order valence-electron chi connectivity index (χ1n) is 5.57. The molecular formula is C12H20N2O. The van der Waals surface area contributed by atoms with Crippen LogP contribution in [0.1, 0.15) is 26.7 Å². The Labute approximate surface area is 92.2 Å². The summed E-state index contributed by atoms with van der Waals surface area (Å²) in [5.74, 6) is 2.76. The minimum Gasteiger partial charge on any atom is -0.331 e. The number of hydrogen-bond donors (Lipinski definition) is 1. The molecule has 1 fully saturated rings. The van der Waals surface area contributed by atoms with Crippen LogP contribution in [-0.4, -0.2) is 37.0 Å². The zero-order chi connectivity index (χ0) is 11.3. The van der Waals surface area contributed by atoms with Gasteiger partial charge in [0.1, 0.15) is 0 Å². The molecule has 3 nitrogen and oxygen atoms in total. The van der Waals surface area contributed by atoms with Crippen molar-refractivity contribution >= 4 is 5.91 Å².